The molecular formula is C20H27NO5. The first-order chi connectivity index (χ1) is 12.4. The molecule has 1 aromatic heterocycles. The van der Waals surface area contributed by atoms with Crippen molar-refractivity contribution in [1.82, 2.24) is 0 Å². The van der Waals surface area contributed by atoms with E-state index >= 15 is 0 Å². The summed E-state index contributed by atoms with van der Waals surface area (Å²) in [7, 11) is 0. The van der Waals surface area contributed by atoms with E-state index in [2.05, 4.69) is 5.32 Å². The minimum atomic E-state index is -0.523. The monoisotopic (exact) mass is 361 g/mol. The lowest BCUT2D eigenvalue weighted by Crippen LogP contribution is -2.16. The van der Waals surface area contributed by atoms with Crippen molar-refractivity contribution in [3.05, 3.63) is 33.2 Å². The van der Waals surface area contributed by atoms with Gasteiger partial charge in [-0.05, 0) is 50.8 Å². The predicted octanol–water partition coefficient (Wildman–Crippen LogP) is 4.86. The third-order valence-electron chi connectivity index (χ3n) is 4.27. The molecule has 0 bridgehead atoms. The number of hydrogen-bond donors (Lipinski definition) is 1. The van der Waals surface area contributed by atoms with Crippen molar-refractivity contribution in [3.63, 3.8) is 0 Å². The van der Waals surface area contributed by atoms with E-state index in [1.165, 1.54) is 0 Å². The number of hydrogen-bond acceptors (Lipinski definition) is 5. The zero-order valence-electron chi connectivity index (χ0n) is 16.2. The number of anilines is 1. The molecule has 0 unspecified atom stereocenters. The Balaban J connectivity index is 2.55. The maximum absolute atomic E-state index is 12.1. The fourth-order valence-corrected chi connectivity index (χ4v) is 2.67. The van der Waals surface area contributed by atoms with Crippen molar-refractivity contribution < 1.29 is 18.7 Å². The van der Waals surface area contributed by atoms with Crippen molar-refractivity contribution in [2.75, 3.05) is 18.5 Å². The molecule has 142 valence electrons. The maximum Gasteiger partial charge on any atom is 0.411 e. The molecule has 1 amide bonds. The van der Waals surface area contributed by atoms with E-state index in [1.54, 1.807) is 13.0 Å². The van der Waals surface area contributed by atoms with E-state index in [0.717, 1.165) is 30.4 Å². The minimum absolute atomic E-state index is 0.362. The Kier molecular flexibility index (Phi) is 6.66. The average Bonchev–Trinajstić information content (AvgIpc) is 2.60. The molecule has 1 heterocycles. The molecule has 0 saturated heterocycles. The number of unbranched alkanes of at least 4 members (excludes halogenated alkanes) is 1. The number of amides is 1. The van der Waals surface area contributed by atoms with Gasteiger partial charge in [-0.15, -0.1) is 0 Å². The van der Waals surface area contributed by atoms with Crippen molar-refractivity contribution in [2.24, 2.45) is 0 Å². The second-order valence-electron chi connectivity index (χ2n) is 6.38. The van der Waals surface area contributed by atoms with Gasteiger partial charge in [0.1, 0.15) is 5.58 Å². The van der Waals surface area contributed by atoms with Crippen LogP contribution >= 0.6 is 0 Å². The topological polar surface area (TPSA) is 77.8 Å². The van der Waals surface area contributed by atoms with Crippen molar-refractivity contribution in [2.45, 2.75) is 53.9 Å². The Morgan fingerprint density at radius 1 is 1.12 bits per heavy atom. The van der Waals surface area contributed by atoms with Gasteiger partial charge in [0.25, 0.3) is 0 Å². The Bertz CT molecular complexity index is 854. The van der Waals surface area contributed by atoms with Crippen LogP contribution in [0.25, 0.3) is 11.0 Å². The molecule has 0 radical (unpaired) electrons. The third-order valence-corrected chi connectivity index (χ3v) is 4.27. The number of benzene rings is 1. The van der Waals surface area contributed by atoms with Crippen molar-refractivity contribution >= 4 is 22.7 Å². The summed E-state index contributed by atoms with van der Waals surface area (Å²) >= 11 is 0. The van der Waals surface area contributed by atoms with Gasteiger partial charge in [0.05, 0.1) is 24.3 Å². The molecule has 6 heteroatoms. The lowest BCUT2D eigenvalue weighted by atomic mass is 10.0. The molecule has 0 aliphatic rings. The van der Waals surface area contributed by atoms with Gasteiger partial charge in [0, 0.05) is 5.56 Å². The highest BCUT2D eigenvalue weighted by Gasteiger charge is 2.20. The highest BCUT2D eigenvalue weighted by Crippen LogP contribution is 2.38. The summed E-state index contributed by atoms with van der Waals surface area (Å²) in [6.45, 7) is 10.3. The number of carbonyl (C=O) groups is 1. The SMILES string of the molecule is CCCCOC(=O)Nc1cc(C)c2oc(=O)c(C)c(C)c2c1OCCC. The van der Waals surface area contributed by atoms with Crippen LogP contribution in [-0.4, -0.2) is 19.3 Å². The van der Waals surface area contributed by atoms with Crippen LogP contribution in [0.1, 0.15) is 49.8 Å². The van der Waals surface area contributed by atoms with Crippen LogP contribution in [0.15, 0.2) is 15.3 Å². The van der Waals surface area contributed by atoms with Crippen LogP contribution in [0.5, 0.6) is 5.75 Å². The fourth-order valence-electron chi connectivity index (χ4n) is 2.67. The third kappa shape index (κ3) is 4.18. The summed E-state index contributed by atoms with van der Waals surface area (Å²) in [6, 6.07) is 1.74. The van der Waals surface area contributed by atoms with E-state index in [1.807, 2.05) is 27.7 Å². The Hall–Kier alpha value is -2.50. The summed E-state index contributed by atoms with van der Waals surface area (Å²) in [6.07, 6.45) is 2.05. The fraction of sp³-hybridized carbons (Fsp3) is 0.500. The summed E-state index contributed by atoms with van der Waals surface area (Å²) in [5, 5.41) is 3.47. The van der Waals surface area contributed by atoms with Gasteiger partial charge in [-0.1, -0.05) is 20.3 Å². The molecule has 0 aliphatic heterocycles. The van der Waals surface area contributed by atoms with Gasteiger partial charge >= 0.3 is 11.7 Å². The molecule has 0 saturated carbocycles. The number of aryl methyl sites for hydroxylation is 2. The van der Waals surface area contributed by atoms with E-state index in [-0.39, 0.29) is 5.63 Å². The second-order valence-corrected chi connectivity index (χ2v) is 6.38. The normalized spacial score (nSPS) is 10.8. The van der Waals surface area contributed by atoms with Gasteiger partial charge in [-0.25, -0.2) is 9.59 Å². The molecular weight excluding hydrogens is 334 g/mol. The Labute approximate surface area is 153 Å². The number of ether oxygens (including phenoxy) is 2. The molecule has 0 atom stereocenters. The second kappa shape index (κ2) is 8.74. The first kappa shape index (κ1) is 19.8. The molecule has 2 rings (SSSR count). The van der Waals surface area contributed by atoms with Crippen LogP contribution in [-0.2, 0) is 4.74 Å². The van der Waals surface area contributed by atoms with Crippen LogP contribution < -0.4 is 15.7 Å². The molecule has 1 aromatic carbocycles. The van der Waals surface area contributed by atoms with Gasteiger partial charge in [-0.3, -0.25) is 5.32 Å². The first-order valence-electron chi connectivity index (χ1n) is 9.04. The average molecular weight is 361 g/mol. The smallest absolute Gasteiger partial charge is 0.411 e. The molecule has 0 spiro atoms. The zero-order valence-corrected chi connectivity index (χ0v) is 16.2. The van der Waals surface area contributed by atoms with Crippen LogP contribution in [0.4, 0.5) is 10.5 Å². The molecule has 6 nitrogen and oxygen atoms in total. The molecule has 1 N–H and O–H groups in total. The Morgan fingerprint density at radius 2 is 1.85 bits per heavy atom. The van der Waals surface area contributed by atoms with Gasteiger partial charge < -0.3 is 13.9 Å². The summed E-state index contributed by atoms with van der Waals surface area (Å²) in [4.78, 5) is 24.1. The van der Waals surface area contributed by atoms with Crippen LogP contribution in [0, 0.1) is 20.8 Å². The minimum Gasteiger partial charge on any atom is -0.491 e. The summed E-state index contributed by atoms with van der Waals surface area (Å²) in [5.74, 6) is 0.504. The molecule has 0 fully saturated rings. The van der Waals surface area contributed by atoms with Crippen molar-refractivity contribution in [1.29, 1.82) is 0 Å². The Morgan fingerprint density at radius 3 is 2.50 bits per heavy atom. The highest BCUT2D eigenvalue weighted by molar-refractivity contribution is 5.99. The number of fused-ring (bicyclic) bond motifs is 1. The molecule has 0 aliphatic carbocycles. The quantitative estimate of drug-likeness (QED) is 0.563. The standard InChI is InChI=1S/C20H27NO5/c1-6-8-10-25-20(23)21-15-11-12(3)17-16(18(15)24-9-7-2)13(4)14(5)19(22)26-17/h11H,6-10H2,1-5H3,(H,21,23). The van der Waals surface area contributed by atoms with E-state index in [4.69, 9.17) is 13.9 Å². The molecule has 26 heavy (non-hydrogen) atoms. The highest BCUT2D eigenvalue weighted by atomic mass is 16.5. The zero-order chi connectivity index (χ0) is 19.3. The lowest BCUT2D eigenvalue weighted by Gasteiger charge is -2.17. The first-order valence-corrected chi connectivity index (χ1v) is 9.04. The van der Waals surface area contributed by atoms with Crippen LogP contribution in [0.3, 0.4) is 0 Å². The van der Waals surface area contributed by atoms with E-state index < -0.39 is 6.09 Å². The number of nitrogens with one attached hydrogen (secondary N) is 1. The van der Waals surface area contributed by atoms with Gasteiger partial charge in [-0.2, -0.15) is 0 Å². The number of rotatable bonds is 7. The van der Waals surface area contributed by atoms with Crippen molar-refractivity contribution in [3.8, 4) is 5.75 Å². The summed E-state index contributed by atoms with van der Waals surface area (Å²) < 4.78 is 16.6. The van der Waals surface area contributed by atoms with E-state index in [9.17, 15) is 9.59 Å². The predicted molar refractivity (Wildman–Crippen MR) is 102 cm³/mol. The van der Waals surface area contributed by atoms with Crippen LogP contribution in [0.2, 0.25) is 0 Å². The summed E-state index contributed by atoms with van der Waals surface area (Å²) in [5.41, 5.74) is 2.69. The lowest BCUT2D eigenvalue weighted by molar-refractivity contribution is 0.159. The maximum atomic E-state index is 12.1. The van der Waals surface area contributed by atoms with Gasteiger partial charge in [0.2, 0.25) is 0 Å². The van der Waals surface area contributed by atoms with Gasteiger partial charge in [0.15, 0.2) is 5.75 Å². The van der Waals surface area contributed by atoms with E-state index in [0.29, 0.717) is 41.2 Å². The number of carbonyl (C=O) groups excluding carboxylic acids is 1. The largest absolute Gasteiger partial charge is 0.491 e. The molecule has 2 aromatic rings.